The highest BCUT2D eigenvalue weighted by Gasteiger charge is 2.17. The number of carbonyl (C=O) groups is 1. The van der Waals surface area contributed by atoms with Crippen LogP contribution in [0, 0.1) is 0 Å². The molecule has 30 heavy (non-hydrogen) atoms. The maximum atomic E-state index is 12.3. The lowest BCUT2D eigenvalue weighted by atomic mass is 10.2. The Morgan fingerprint density at radius 1 is 1.07 bits per heavy atom. The lowest BCUT2D eigenvalue weighted by Crippen LogP contribution is -2.26. The number of nitrogens with zero attached hydrogens (tertiary/aromatic N) is 3. The SMILES string of the molecule is CCCCCCNC(=O)CSc1nnc(-c2cccc(OC)c2)n1-c1ccccc1. The van der Waals surface area contributed by atoms with Gasteiger partial charge in [-0.2, -0.15) is 0 Å². The third-order valence-corrected chi connectivity index (χ3v) is 5.59. The van der Waals surface area contributed by atoms with Crippen molar-refractivity contribution in [1.29, 1.82) is 0 Å². The Morgan fingerprint density at radius 2 is 1.90 bits per heavy atom. The second-order valence-corrected chi connectivity index (χ2v) is 7.85. The van der Waals surface area contributed by atoms with Crippen LogP contribution >= 0.6 is 11.8 Å². The topological polar surface area (TPSA) is 69.0 Å². The lowest BCUT2D eigenvalue weighted by molar-refractivity contribution is -0.118. The monoisotopic (exact) mass is 424 g/mol. The van der Waals surface area contributed by atoms with Crippen molar-refractivity contribution >= 4 is 17.7 Å². The second-order valence-electron chi connectivity index (χ2n) is 6.91. The summed E-state index contributed by atoms with van der Waals surface area (Å²) in [6.07, 6.45) is 4.56. The van der Waals surface area contributed by atoms with E-state index < -0.39 is 0 Å². The number of amides is 1. The lowest BCUT2D eigenvalue weighted by Gasteiger charge is -2.11. The van der Waals surface area contributed by atoms with Crippen LogP contribution < -0.4 is 10.1 Å². The molecule has 0 atom stereocenters. The van der Waals surface area contributed by atoms with Gasteiger partial charge < -0.3 is 10.1 Å². The van der Waals surface area contributed by atoms with Crippen molar-refractivity contribution in [3.8, 4) is 22.8 Å². The number of para-hydroxylation sites is 1. The first kappa shape index (κ1) is 21.9. The minimum absolute atomic E-state index is 0.0158. The minimum atomic E-state index is 0.0158. The Labute approximate surface area is 182 Å². The highest BCUT2D eigenvalue weighted by atomic mass is 32.2. The van der Waals surface area contributed by atoms with Crippen LogP contribution in [-0.2, 0) is 4.79 Å². The summed E-state index contributed by atoms with van der Waals surface area (Å²) >= 11 is 1.39. The molecule has 0 radical (unpaired) electrons. The van der Waals surface area contributed by atoms with Crippen LogP contribution in [0.5, 0.6) is 5.75 Å². The van der Waals surface area contributed by atoms with Crippen LogP contribution in [0.4, 0.5) is 0 Å². The fourth-order valence-electron chi connectivity index (χ4n) is 3.08. The molecule has 3 aromatic rings. The maximum absolute atomic E-state index is 12.3. The van der Waals surface area contributed by atoms with Gasteiger partial charge in [-0.25, -0.2) is 0 Å². The normalized spacial score (nSPS) is 10.7. The molecular weight excluding hydrogens is 396 g/mol. The molecule has 2 aromatic carbocycles. The van der Waals surface area contributed by atoms with Gasteiger partial charge in [0.2, 0.25) is 5.91 Å². The summed E-state index contributed by atoms with van der Waals surface area (Å²) in [6, 6.07) is 17.7. The van der Waals surface area contributed by atoms with Crippen molar-refractivity contribution in [2.24, 2.45) is 0 Å². The number of carbonyl (C=O) groups excluding carboxylic acids is 1. The zero-order chi connectivity index (χ0) is 21.2. The summed E-state index contributed by atoms with van der Waals surface area (Å²) in [5.74, 6) is 1.79. The molecule has 0 saturated heterocycles. The van der Waals surface area contributed by atoms with E-state index in [9.17, 15) is 4.79 Å². The van der Waals surface area contributed by atoms with E-state index in [4.69, 9.17) is 4.74 Å². The number of methoxy groups -OCH3 is 1. The Morgan fingerprint density at radius 3 is 2.67 bits per heavy atom. The summed E-state index contributed by atoms with van der Waals surface area (Å²) in [7, 11) is 1.64. The molecule has 0 bridgehead atoms. The molecule has 0 fully saturated rings. The van der Waals surface area contributed by atoms with Crippen molar-refractivity contribution < 1.29 is 9.53 Å². The molecule has 3 rings (SSSR count). The van der Waals surface area contributed by atoms with E-state index in [0.29, 0.717) is 16.7 Å². The molecule has 6 nitrogen and oxygen atoms in total. The first-order valence-electron chi connectivity index (χ1n) is 10.3. The molecule has 0 saturated carbocycles. The van der Waals surface area contributed by atoms with Crippen molar-refractivity contribution in [2.45, 2.75) is 37.8 Å². The molecule has 1 heterocycles. The van der Waals surface area contributed by atoms with Crippen LogP contribution in [-0.4, -0.2) is 40.1 Å². The van der Waals surface area contributed by atoms with E-state index in [-0.39, 0.29) is 5.91 Å². The fourth-order valence-corrected chi connectivity index (χ4v) is 3.86. The van der Waals surface area contributed by atoms with Gasteiger partial charge in [-0.15, -0.1) is 10.2 Å². The predicted octanol–water partition coefficient (Wildman–Crippen LogP) is 4.73. The van der Waals surface area contributed by atoms with Gasteiger partial charge >= 0.3 is 0 Å². The minimum Gasteiger partial charge on any atom is -0.497 e. The van der Waals surface area contributed by atoms with Crippen molar-refractivity contribution in [3.05, 3.63) is 54.6 Å². The number of ether oxygens (including phenoxy) is 1. The van der Waals surface area contributed by atoms with Gasteiger partial charge in [-0.1, -0.05) is 68.3 Å². The first-order chi connectivity index (χ1) is 14.7. The number of aromatic nitrogens is 3. The molecule has 1 amide bonds. The Bertz CT molecular complexity index is 943. The van der Waals surface area contributed by atoms with E-state index in [1.807, 2.05) is 59.2 Å². The summed E-state index contributed by atoms with van der Waals surface area (Å²) in [6.45, 7) is 2.90. The molecule has 0 spiro atoms. The largest absolute Gasteiger partial charge is 0.497 e. The van der Waals surface area contributed by atoms with Gasteiger partial charge in [0.1, 0.15) is 5.75 Å². The molecule has 158 valence electrons. The van der Waals surface area contributed by atoms with Gasteiger partial charge in [0.25, 0.3) is 0 Å². The van der Waals surface area contributed by atoms with Crippen LogP contribution in [0.25, 0.3) is 17.1 Å². The first-order valence-corrected chi connectivity index (χ1v) is 11.3. The Hall–Kier alpha value is -2.80. The molecule has 1 aromatic heterocycles. The summed E-state index contributed by atoms with van der Waals surface area (Å²) < 4.78 is 7.33. The molecule has 7 heteroatoms. The highest BCUT2D eigenvalue weighted by Crippen LogP contribution is 2.29. The molecule has 0 aliphatic carbocycles. The third kappa shape index (κ3) is 5.86. The fraction of sp³-hybridized carbons (Fsp3) is 0.348. The number of hydrogen-bond donors (Lipinski definition) is 1. The molecular formula is C23H28N4O2S. The zero-order valence-corrected chi connectivity index (χ0v) is 18.3. The summed E-state index contributed by atoms with van der Waals surface area (Å²) in [4.78, 5) is 12.3. The average Bonchev–Trinajstić information content (AvgIpc) is 3.22. The number of nitrogens with one attached hydrogen (secondary N) is 1. The van der Waals surface area contributed by atoms with Crippen LogP contribution in [0.2, 0.25) is 0 Å². The van der Waals surface area contributed by atoms with Crippen LogP contribution in [0.15, 0.2) is 59.8 Å². The van der Waals surface area contributed by atoms with E-state index in [2.05, 4.69) is 22.4 Å². The van der Waals surface area contributed by atoms with Crippen molar-refractivity contribution in [1.82, 2.24) is 20.1 Å². The number of unbranched alkanes of at least 4 members (excludes halogenated alkanes) is 3. The number of hydrogen-bond acceptors (Lipinski definition) is 5. The third-order valence-electron chi connectivity index (χ3n) is 4.66. The quantitative estimate of drug-likeness (QED) is 0.356. The molecule has 0 unspecified atom stereocenters. The molecule has 0 aliphatic rings. The standard InChI is InChI=1S/C23H28N4O2S/c1-3-4-5-9-15-24-21(28)17-30-23-26-25-22(18-11-10-14-20(16-18)29-2)27(23)19-12-7-6-8-13-19/h6-8,10-14,16H,3-5,9,15,17H2,1-2H3,(H,24,28). The Kier molecular flexibility index (Phi) is 8.32. The van der Waals surface area contributed by atoms with E-state index in [1.165, 1.54) is 24.6 Å². The van der Waals surface area contributed by atoms with E-state index >= 15 is 0 Å². The van der Waals surface area contributed by atoms with Crippen LogP contribution in [0.1, 0.15) is 32.6 Å². The number of benzene rings is 2. The van der Waals surface area contributed by atoms with Crippen LogP contribution in [0.3, 0.4) is 0 Å². The summed E-state index contributed by atoms with van der Waals surface area (Å²) in [5.41, 5.74) is 1.85. The van der Waals surface area contributed by atoms with Gasteiger partial charge in [0, 0.05) is 17.8 Å². The predicted molar refractivity (Wildman–Crippen MR) is 121 cm³/mol. The van der Waals surface area contributed by atoms with Gasteiger partial charge in [-0.3, -0.25) is 9.36 Å². The van der Waals surface area contributed by atoms with E-state index in [1.54, 1.807) is 7.11 Å². The number of rotatable bonds is 11. The average molecular weight is 425 g/mol. The van der Waals surface area contributed by atoms with Gasteiger partial charge in [0.15, 0.2) is 11.0 Å². The second kappa shape index (κ2) is 11.4. The smallest absolute Gasteiger partial charge is 0.230 e. The van der Waals surface area contributed by atoms with Gasteiger partial charge in [0.05, 0.1) is 12.9 Å². The molecule has 1 N–H and O–H groups in total. The number of thioether (sulfide) groups is 1. The summed E-state index contributed by atoms with van der Waals surface area (Å²) in [5, 5.41) is 12.5. The van der Waals surface area contributed by atoms with Gasteiger partial charge in [-0.05, 0) is 30.7 Å². The van der Waals surface area contributed by atoms with Crippen molar-refractivity contribution in [2.75, 3.05) is 19.4 Å². The van der Waals surface area contributed by atoms with E-state index in [0.717, 1.165) is 36.4 Å². The Balaban J connectivity index is 1.76. The maximum Gasteiger partial charge on any atom is 0.230 e. The zero-order valence-electron chi connectivity index (χ0n) is 17.5. The van der Waals surface area contributed by atoms with Crippen molar-refractivity contribution in [3.63, 3.8) is 0 Å². The highest BCUT2D eigenvalue weighted by molar-refractivity contribution is 7.99. The molecule has 0 aliphatic heterocycles.